The Morgan fingerprint density at radius 3 is 2.67 bits per heavy atom. The summed E-state index contributed by atoms with van der Waals surface area (Å²) in [6, 6.07) is 2.69. The lowest BCUT2D eigenvalue weighted by molar-refractivity contribution is 0.176. The van der Waals surface area contributed by atoms with E-state index >= 15 is 0 Å². The zero-order chi connectivity index (χ0) is 10.1. The number of benzene rings is 1. The molecule has 0 radical (unpaired) electrons. The fourth-order valence-electron chi connectivity index (χ4n) is 1.34. The molecule has 1 heterocycles. The van der Waals surface area contributed by atoms with Gasteiger partial charge >= 0.3 is 6.09 Å². The van der Waals surface area contributed by atoms with Crippen LogP contribution in [0.2, 0.25) is 0 Å². The number of amides is 1. The lowest BCUT2D eigenvalue weighted by Gasteiger charge is -2.08. The van der Waals surface area contributed by atoms with E-state index in [4.69, 9.17) is 0 Å². The molecule has 1 aromatic rings. The molecule has 0 bridgehead atoms. The van der Waals surface area contributed by atoms with Gasteiger partial charge < -0.3 is 10.1 Å². The Balaban J connectivity index is 0.00000112. The molecule has 82 valence electrons. The van der Waals surface area contributed by atoms with E-state index in [0.717, 1.165) is 12.1 Å². The van der Waals surface area contributed by atoms with E-state index in [-0.39, 0.29) is 24.6 Å². The number of ether oxygens (including phenoxy) is 1. The fraction of sp³-hybridized carbons (Fsp3) is 0.222. The third-order valence-electron chi connectivity index (χ3n) is 2.01. The summed E-state index contributed by atoms with van der Waals surface area (Å²) >= 11 is 0. The minimum Gasteiger partial charge on any atom is -0.447 e. The van der Waals surface area contributed by atoms with Gasteiger partial charge in [0.1, 0.15) is 18.2 Å². The smallest absolute Gasteiger partial charge is 0.407 e. The summed E-state index contributed by atoms with van der Waals surface area (Å²) in [4.78, 5) is 10.7. The first kappa shape index (κ1) is 11.7. The average molecular weight is 236 g/mol. The molecule has 1 aromatic carbocycles. The second-order valence-corrected chi connectivity index (χ2v) is 2.96. The maximum absolute atomic E-state index is 13.2. The molecule has 0 aliphatic carbocycles. The molecular formula is C9H8ClF2NO2. The van der Waals surface area contributed by atoms with Gasteiger partial charge in [0, 0.05) is 11.6 Å². The number of cyclic esters (lactones) is 1. The van der Waals surface area contributed by atoms with Gasteiger partial charge in [0.25, 0.3) is 0 Å². The van der Waals surface area contributed by atoms with Crippen molar-refractivity contribution in [2.75, 3.05) is 6.61 Å². The van der Waals surface area contributed by atoms with Crippen LogP contribution in [0.4, 0.5) is 13.6 Å². The number of carbonyl (C=O) groups is 1. The number of hydrogen-bond donors (Lipinski definition) is 1. The predicted molar refractivity (Wildman–Crippen MR) is 50.8 cm³/mol. The minimum atomic E-state index is -0.680. The number of carbonyl (C=O) groups excluding carboxylic acids is 1. The summed E-state index contributed by atoms with van der Waals surface area (Å²) in [7, 11) is 0. The molecule has 0 saturated carbocycles. The molecule has 1 saturated heterocycles. The number of nitrogens with one attached hydrogen (secondary N) is 1. The van der Waals surface area contributed by atoms with Crippen molar-refractivity contribution in [3.63, 3.8) is 0 Å². The van der Waals surface area contributed by atoms with Crippen LogP contribution < -0.4 is 5.32 Å². The standard InChI is InChI=1S/C9H7F2NO2.ClH/c10-5-1-2-6(7(11)3-5)8-4-14-9(13)12-8;/h1-3,8H,4H2,(H,12,13);1H/t8-;/m0./s1. The first-order valence-corrected chi connectivity index (χ1v) is 4.05. The Labute approximate surface area is 90.8 Å². The molecular weight excluding hydrogens is 228 g/mol. The fourth-order valence-corrected chi connectivity index (χ4v) is 1.34. The maximum atomic E-state index is 13.2. The SMILES string of the molecule is Cl.O=C1N[C@H](c2ccc(F)cc2F)CO1. The molecule has 1 fully saturated rings. The van der Waals surface area contributed by atoms with Crippen LogP contribution in [0, 0.1) is 11.6 Å². The molecule has 1 atom stereocenters. The Kier molecular flexibility index (Phi) is 3.47. The lowest BCUT2D eigenvalue weighted by atomic mass is 10.1. The van der Waals surface area contributed by atoms with Gasteiger partial charge in [0.05, 0.1) is 6.04 Å². The lowest BCUT2D eigenvalue weighted by Crippen LogP contribution is -2.19. The quantitative estimate of drug-likeness (QED) is 0.810. The highest BCUT2D eigenvalue weighted by atomic mass is 35.5. The van der Waals surface area contributed by atoms with E-state index in [2.05, 4.69) is 10.1 Å². The Morgan fingerprint density at radius 2 is 2.13 bits per heavy atom. The van der Waals surface area contributed by atoms with Gasteiger partial charge in [-0.1, -0.05) is 6.07 Å². The minimum absolute atomic E-state index is 0. The van der Waals surface area contributed by atoms with Crippen molar-refractivity contribution in [1.29, 1.82) is 0 Å². The van der Waals surface area contributed by atoms with Gasteiger partial charge in [-0.05, 0) is 6.07 Å². The van der Waals surface area contributed by atoms with Crippen LogP contribution in [-0.2, 0) is 4.74 Å². The summed E-state index contributed by atoms with van der Waals surface area (Å²) in [6.07, 6.45) is -0.585. The van der Waals surface area contributed by atoms with Crippen molar-refractivity contribution < 1.29 is 18.3 Å². The third-order valence-corrected chi connectivity index (χ3v) is 2.01. The first-order chi connectivity index (χ1) is 6.66. The van der Waals surface area contributed by atoms with Crippen LogP contribution in [0.15, 0.2) is 18.2 Å². The molecule has 0 spiro atoms. The van der Waals surface area contributed by atoms with E-state index in [1.165, 1.54) is 6.07 Å². The molecule has 3 nitrogen and oxygen atoms in total. The summed E-state index contributed by atoms with van der Waals surface area (Å²) < 4.78 is 30.3. The average Bonchev–Trinajstić information content (AvgIpc) is 2.51. The molecule has 1 N–H and O–H groups in total. The molecule has 1 amide bonds. The first-order valence-electron chi connectivity index (χ1n) is 4.05. The third kappa shape index (κ3) is 2.36. The van der Waals surface area contributed by atoms with Gasteiger partial charge in [-0.3, -0.25) is 0 Å². The molecule has 15 heavy (non-hydrogen) atoms. The normalized spacial score (nSPS) is 19.1. The number of halogens is 3. The van der Waals surface area contributed by atoms with Crippen LogP contribution in [0.25, 0.3) is 0 Å². The number of hydrogen-bond acceptors (Lipinski definition) is 2. The van der Waals surface area contributed by atoms with E-state index in [0.29, 0.717) is 0 Å². The summed E-state index contributed by atoms with van der Waals surface area (Å²) in [5.41, 5.74) is 0.234. The van der Waals surface area contributed by atoms with Crippen LogP contribution in [0.5, 0.6) is 0 Å². The van der Waals surface area contributed by atoms with Crippen molar-refractivity contribution in [2.45, 2.75) is 6.04 Å². The van der Waals surface area contributed by atoms with E-state index < -0.39 is 23.8 Å². The topological polar surface area (TPSA) is 38.3 Å². The molecule has 0 unspecified atom stereocenters. The highest BCUT2D eigenvalue weighted by molar-refractivity contribution is 5.85. The Hall–Kier alpha value is -1.36. The highest BCUT2D eigenvalue weighted by Crippen LogP contribution is 2.21. The molecule has 1 aliphatic heterocycles. The summed E-state index contributed by atoms with van der Waals surface area (Å²) in [5.74, 6) is -1.32. The monoisotopic (exact) mass is 235 g/mol. The van der Waals surface area contributed by atoms with E-state index in [9.17, 15) is 13.6 Å². The van der Waals surface area contributed by atoms with Crippen LogP contribution in [0.1, 0.15) is 11.6 Å². The van der Waals surface area contributed by atoms with Crippen LogP contribution >= 0.6 is 12.4 Å². The van der Waals surface area contributed by atoms with Gasteiger partial charge in [-0.15, -0.1) is 12.4 Å². The van der Waals surface area contributed by atoms with Gasteiger partial charge in [-0.25, -0.2) is 13.6 Å². The molecule has 1 aliphatic rings. The van der Waals surface area contributed by atoms with Crippen molar-refractivity contribution in [3.8, 4) is 0 Å². The molecule has 2 rings (SSSR count). The Bertz CT molecular complexity index is 386. The Morgan fingerprint density at radius 1 is 1.40 bits per heavy atom. The van der Waals surface area contributed by atoms with Crippen molar-refractivity contribution in [2.24, 2.45) is 0 Å². The largest absolute Gasteiger partial charge is 0.447 e. The van der Waals surface area contributed by atoms with Crippen molar-refractivity contribution >= 4 is 18.5 Å². The predicted octanol–water partition coefficient (Wildman–Crippen LogP) is 2.17. The van der Waals surface area contributed by atoms with Crippen LogP contribution in [-0.4, -0.2) is 12.7 Å². The zero-order valence-corrected chi connectivity index (χ0v) is 8.31. The van der Waals surface area contributed by atoms with E-state index in [1.807, 2.05) is 0 Å². The number of rotatable bonds is 1. The van der Waals surface area contributed by atoms with Gasteiger partial charge in [-0.2, -0.15) is 0 Å². The highest BCUT2D eigenvalue weighted by Gasteiger charge is 2.26. The zero-order valence-electron chi connectivity index (χ0n) is 7.50. The van der Waals surface area contributed by atoms with E-state index in [1.54, 1.807) is 0 Å². The van der Waals surface area contributed by atoms with Gasteiger partial charge in [0.15, 0.2) is 0 Å². The second kappa shape index (κ2) is 4.44. The summed E-state index contributed by atoms with van der Waals surface area (Å²) in [5, 5.41) is 2.41. The maximum Gasteiger partial charge on any atom is 0.407 e. The second-order valence-electron chi connectivity index (χ2n) is 2.96. The van der Waals surface area contributed by atoms with Crippen molar-refractivity contribution in [3.05, 3.63) is 35.4 Å². The summed E-state index contributed by atoms with van der Waals surface area (Å²) in [6.45, 7) is 0.0708. The van der Waals surface area contributed by atoms with Crippen LogP contribution in [0.3, 0.4) is 0 Å². The van der Waals surface area contributed by atoms with Gasteiger partial charge in [0.2, 0.25) is 0 Å². The van der Waals surface area contributed by atoms with Crippen molar-refractivity contribution in [1.82, 2.24) is 5.32 Å². The number of alkyl carbamates (subject to hydrolysis) is 1. The molecule has 6 heteroatoms. The molecule has 0 aromatic heterocycles.